The molecule has 0 radical (unpaired) electrons. The van der Waals surface area contributed by atoms with Crippen LogP contribution in [0.3, 0.4) is 0 Å². The highest BCUT2D eigenvalue weighted by Gasteiger charge is 2.33. The van der Waals surface area contributed by atoms with Gasteiger partial charge in [0.05, 0.1) is 24.8 Å². The van der Waals surface area contributed by atoms with Crippen LogP contribution >= 0.6 is 11.6 Å². The second-order valence-corrected chi connectivity index (χ2v) is 6.29. The number of carbonyl (C=O) groups is 2. The van der Waals surface area contributed by atoms with Crippen molar-refractivity contribution < 1.29 is 38.7 Å². The highest BCUT2D eigenvalue weighted by molar-refractivity contribution is 6.21. The van der Waals surface area contributed by atoms with Crippen molar-refractivity contribution in [2.45, 2.75) is 24.6 Å². The smallest absolute Gasteiger partial charge is 0.470 e. The fraction of sp³-hybridized carbons (Fsp3) is 0.333. The molecule has 1 aliphatic rings. The number of halogens is 1. The average Bonchev–Trinajstić information content (AvgIpc) is 2.73. The predicted molar refractivity (Wildman–Crippen MR) is 101 cm³/mol. The number of hydroxylamine groups is 2. The molecule has 0 amide bonds. The first-order valence-electron chi connectivity index (χ1n) is 8.59. The van der Waals surface area contributed by atoms with Crippen LogP contribution in [0.2, 0.25) is 0 Å². The maximum absolute atomic E-state index is 12.0. The Morgan fingerprint density at radius 2 is 2.00 bits per heavy atom. The third kappa shape index (κ3) is 6.64. The van der Waals surface area contributed by atoms with Gasteiger partial charge < -0.3 is 18.9 Å². The Hall–Kier alpha value is -3.31. The summed E-state index contributed by atoms with van der Waals surface area (Å²) in [5.74, 6) is -1.28. The van der Waals surface area contributed by atoms with Crippen molar-refractivity contribution in [3.8, 4) is 0 Å². The normalized spacial score (nSPS) is 16.6. The molecular weight excluding hydrogens is 424 g/mol. The SMILES string of the molecule is COC(=O)C(CCOC(=O)OCc1ccccc1)OC1=CN(O)C(Cl)C=C1[N+](=O)[O-]. The summed E-state index contributed by atoms with van der Waals surface area (Å²) in [5, 5.41) is 21.3. The second kappa shape index (κ2) is 11.0. The molecule has 0 aliphatic carbocycles. The zero-order valence-corrected chi connectivity index (χ0v) is 16.6. The van der Waals surface area contributed by atoms with E-state index >= 15 is 0 Å². The first-order chi connectivity index (χ1) is 14.3. The summed E-state index contributed by atoms with van der Waals surface area (Å²) in [5.41, 5.74) is -0.964. The molecule has 12 heteroatoms. The molecule has 0 saturated heterocycles. The van der Waals surface area contributed by atoms with E-state index in [2.05, 4.69) is 4.74 Å². The molecule has 2 unspecified atom stereocenters. The molecule has 0 aromatic heterocycles. The Bertz CT molecular complexity index is 828. The number of ether oxygens (including phenoxy) is 4. The van der Waals surface area contributed by atoms with Crippen molar-refractivity contribution in [3.63, 3.8) is 0 Å². The molecule has 0 bridgehead atoms. The number of benzene rings is 1. The van der Waals surface area contributed by atoms with E-state index in [1.165, 1.54) is 0 Å². The summed E-state index contributed by atoms with van der Waals surface area (Å²) in [7, 11) is 1.10. The van der Waals surface area contributed by atoms with Crippen molar-refractivity contribution in [2.75, 3.05) is 13.7 Å². The van der Waals surface area contributed by atoms with Gasteiger partial charge in [-0.05, 0) is 5.56 Å². The van der Waals surface area contributed by atoms with E-state index in [4.69, 9.17) is 25.8 Å². The molecular formula is C18H19ClN2O9. The molecule has 30 heavy (non-hydrogen) atoms. The highest BCUT2D eigenvalue weighted by atomic mass is 35.5. The molecule has 0 saturated carbocycles. The Kier molecular flexibility index (Phi) is 8.44. The van der Waals surface area contributed by atoms with Crippen LogP contribution in [0, 0.1) is 10.1 Å². The van der Waals surface area contributed by atoms with Gasteiger partial charge in [-0.2, -0.15) is 0 Å². The molecule has 1 aliphatic heterocycles. The van der Waals surface area contributed by atoms with Gasteiger partial charge in [0.2, 0.25) is 5.76 Å². The third-order valence-electron chi connectivity index (χ3n) is 3.78. The lowest BCUT2D eigenvalue weighted by Gasteiger charge is -2.24. The Balaban J connectivity index is 1.92. The average molecular weight is 443 g/mol. The van der Waals surface area contributed by atoms with Gasteiger partial charge >= 0.3 is 17.8 Å². The monoisotopic (exact) mass is 442 g/mol. The van der Waals surface area contributed by atoms with E-state index in [1.54, 1.807) is 24.3 Å². The number of alkyl halides is 1. The van der Waals surface area contributed by atoms with Gasteiger partial charge in [-0.1, -0.05) is 41.9 Å². The number of esters is 1. The number of nitrogens with zero attached hydrogens (tertiary/aromatic N) is 2. The van der Waals surface area contributed by atoms with Crippen molar-refractivity contribution in [2.24, 2.45) is 0 Å². The Labute approximate surface area is 176 Å². The maximum Gasteiger partial charge on any atom is 0.508 e. The lowest BCUT2D eigenvalue weighted by atomic mass is 10.2. The van der Waals surface area contributed by atoms with Crippen molar-refractivity contribution >= 4 is 23.7 Å². The van der Waals surface area contributed by atoms with Crippen LogP contribution in [-0.2, 0) is 30.3 Å². The lowest BCUT2D eigenvalue weighted by Crippen LogP contribution is -2.32. The molecule has 1 heterocycles. The number of rotatable bonds is 9. The zero-order chi connectivity index (χ0) is 22.1. The summed E-state index contributed by atoms with van der Waals surface area (Å²) in [4.78, 5) is 34.0. The first kappa shape index (κ1) is 23.0. The molecule has 2 rings (SSSR count). The van der Waals surface area contributed by atoms with Crippen LogP contribution < -0.4 is 0 Å². The molecule has 11 nitrogen and oxygen atoms in total. The zero-order valence-electron chi connectivity index (χ0n) is 15.8. The molecule has 2 atom stereocenters. The van der Waals surface area contributed by atoms with Crippen LogP contribution in [-0.4, -0.2) is 52.6 Å². The number of methoxy groups -OCH3 is 1. The van der Waals surface area contributed by atoms with Crippen molar-refractivity contribution in [1.82, 2.24) is 5.06 Å². The quantitative estimate of drug-likeness (QED) is 0.199. The summed E-state index contributed by atoms with van der Waals surface area (Å²) >= 11 is 5.72. The van der Waals surface area contributed by atoms with Crippen LogP contribution in [0.15, 0.2) is 54.1 Å². The highest BCUT2D eigenvalue weighted by Crippen LogP contribution is 2.25. The second-order valence-electron chi connectivity index (χ2n) is 5.85. The van der Waals surface area contributed by atoms with Gasteiger partial charge in [-0.25, -0.2) is 14.7 Å². The Morgan fingerprint density at radius 1 is 1.30 bits per heavy atom. The van der Waals surface area contributed by atoms with Gasteiger partial charge in [0.25, 0.3) is 0 Å². The maximum atomic E-state index is 12.0. The van der Waals surface area contributed by atoms with Gasteiger partial charge in [0, 0.05) is 12.5 Å². The van der Waals surface area contributed by atoms with Gasteiger partial charge in [-0.3, -0.25) is 15.3 Å². The Morgan fingerprint density at radius 3 is 2.63 bits per heavy atom. The topological polar surface area (TPSA) is 138 Å². The number of hydrogen-bond acceptors (Lipinski definition) is 10. The van der Waals surface area contributed by atoms with Crippen molar-refractivity contribution in [3.05, 3.63) is 69.7 Å². The van der Waals surface area contributed by atoms with Gasteiger partial charge in [-0.15, -0.1) is 0 Å². The molecule has 0 spiro atoms. The van der Waals surface area contributed by atoms with Crippen LogP contribution in [0.4, 0.5) is 4.79 Å². The van der Waals surface area contributed by atoms with Gasteiger partial charge in [0.1, 0.15) is 6.61 Å². The number of nitro groups is 1. The summed E-state index contributed by atoms with van der Waals surface area (Å²) in [6.07, 6.45) is -0.710. The third-order valence-corrected chi connectivity index (χ3v) is 4.11. The van der Waals surface area contributed by atoms with Crippen molar-refractivity contribution in [1.29, 1.82) is 0 Å². The summed E-state index contributed by atoms with van der Waals surface area (Å²) < 4.78 is 19.8. The lowest BCUT2D eigenvalue weighted by molar-refractivity contribution is -0.426. The fourth-order valence-corrected chi connectivity index (χ4v) is 2.48. The minimum absolute atomic E-state index is 0.00636. The summed E-state index contributed by atoms with van der Waals surface area (Å²) in [6.45, 7) is -0.286. The molecule has 1 aromatic rings. The first-order valence-corrected chi connectivity index (χ1v) is 9.03. The summed E-state index contributed by atoms with van der Waals surface area (Å²) in [6, 6.07) is 8.93. The number of carbonyl (C=O) groups excluding carboxylic acids is 2. The van der Waals surface area contributed by atoms with Gasteiger partial charge in [0.15, 0.2) is 11.6 Å². The fourth-order valence-electron chi connectivity index (χ4n) is 2.30. The van der Waals surface area contributed by atoms with E-state index in [1.807, 2.05) is 6.07 Å². The van der Waals surface area contributed by atoms with E-state index in [0.717, 1.165) is 24.9 Å². The standard InChI is InChI=1S/C18H19ClN2O9/c1-27-17(22)14(30-15-10-20(24)16(19)9-13(15)21(25)26)7-8-28-18(23)29-11-12-5-3-2-4-6-12/h2-6,9-10,14,16,24H,7-8,11H2,1H3. The largest absolute Gasteiger partial charge is 0.508 e. The predicted octanol–water partition coefficient (Wildman–Crippen LogP) is 2.56. The van der Waals surface area contributed by atoms with Crippen LogP contribution in [0.25, 0.3) is 0 Å². The van der Waals surface area contributed by atoms with E-state index in [-0.39, 0.29) is 19.6 Å². The minimum atomic E-state index is -1.35. The van der Waals surface area contributed by atoms with E-state index < -0.39 is 40.1 Å². The van der Waals surface area contributed by atoms with Crippen LogP contribution in [0.5, 0.6) is 0 Å². The number of hydrogen-bond donors (Lipinski definition) is 1. The minimum Gasteiger partial charge on any atom is -0.470 e. The van der Waals surface area contributed by atoms with E-state index in [9.17, 15) is 24.9 Å². The molecule has 1 aromatic carbocycles. The van der Waals surface area contributed by atoms with E-state index in [0.29, 0.717) is 5.06 Å². The molecule has 162 valence electrons. The van der Waals surface area contributed by atoms with Crippen LogP contribution in [0.1, 0.15) is 12.0 Å². The molecule has 0 fully saturated rings. The molecule has 1 N–H and O–H groups in total.